The number of hydrogen-bond donors (Lipinski definition) is 0. The van der Waals surface area contributed by atoms with Gasteiger partial charge in [-0.25, -0.2) is 4.98 Å². The van der Waals surface area contributed by atoms with E-state index in [-0.39, 0.29) is 0 Å². The molecule has 0 aliphatic carbocycles. The van der Waals surface area contributed by atoms with Crippen molar-refractivity contribution in [2.24, 2.45) is 0 Å². The summed E-state index contributed by atoms with van der Waals surface area (Å²) in [5, 5.41) is 2.14. The lowest BCUT2D eigenvalue weighted by Gasteiger charge is -2.25. The average molecular weight is 447 g/mol. The molecule has 0 bridgehead atoms. The Kier molecular flexibility index (Phi) is 5.80. The first-order valence-corrected chi connectivity index (χ1v) is 12.0. The van der Waals surface area contributed by atoms with Crippen LogP contribution in [0, 0.1) is 20.8 Å². The predicted octanol–water partition coefficient (Wildman–Crippen LogP) is 8.87. The van der Waals surface area contributed by atoms with E-state index >= 15 is 0 Å². The van der Waals surface area contributed by atoms with Crippen molar-refractivity contribution < 1.29 is 0 Å². The topological polar surface area (TPSA) is 16.1 Å². The third-order valence-electron chi connectivity index (χ3n) is 5.82. The molecule has 0 spiro atoms. The molecule has 5 aromatic rings. The van der Waals surface area contributed by atoms with Crippen LogP contribution in [0.15, 0.2) is 103 Å². The molecular formula is C30H26N2S. The summed E-state index contributed by atoms with van der Waals surface area (Å²) in [7, 11) is 0. The van der Waals surface area contributed by atoms with E-state index in [1.54, 1.807) is 11.3 Å². The second kappa shape index (κ2) is 9.05. The zero-order chi connectivity index (χ0) is 22.8. The van der Waals surface area contributed by atoms with Crippen molar-refractivity contribution in [3.8, 4) is 21.8 Å². The minimum absolute atomic E-state index is 1.01. The van der Waals surface area contributed by atoms with Crippen LogP contribution in [-0.2, 0) is 0 Å². The third-order valence-corrected chi connectivity index (χ3v) is 6.91. The molecule has 0 saturated heterocycles. The third kappa shape index (κ3) is 4.33. The minimum Gasteiger partial charge on any atom is -0.300 e. The summed E-state index contributed by atoms with van der Waals surface area (Å²) in [6.07, 6.45) is 0. The highest BCUT2D eigenvalue weighted by molar-refractivity contribution is 7.19. The first-order chi connectivity index (χ1) is 16.1. The Morgan fingerprint density at radius 3 is 1.73 bits per heavy atom. The SMILES string of the molecule is Cc1ccc(N(c2ccc(C)cc2)c2sc(-c3ccccc3)nc2-c2ccccc2C)cc1. The average Bonchev–Trinajstić information content (AvgIpc) is 3.27. The first-order valence-electron chi connectivity index (χ1n) is 11.2. The molecule has 33 heavy (non-hydrogen) atoms. The van der Waals surface area contributed by atoms with Crippen LogP contribution in [0.5, 0.6) is 0 Å². The van der Waals surface area contributed by atoms with Gasteiger partial charge in [-0.3, -0.25) is 0 Å². The molecule has 0 fully saturated rings. The van der Waals surface area contributed by atoms with Gasteiger partial charge in [0.2, 0.25) is 0 Å². The van der Waals surface area contributed by atoms with Crippen LogP contribution in [0.3, 0.4) is 0 Å². The predicted molar refractivity (Wildman–Crippen MR) is 142 cm³/mol. The van der Waals surface area contributed by atoms with Gasteiger partial charge in [-0.15, -0.1) is 0 Å². The van der Waals surface area contributed by atoms with Gasteiger partial charge in [0.15, 0.2) is 0 Å². The number of aromatic nitrogens is 1. The molecule has 5 rings (SSSR count). The van der Waals surface area contributed by atoms with Gasteiger partial charge in [0, 0.05) is 22.5 Å². The highest BCUT2D eigenvalue weighted by Gasteiger charge is 2.23. The number of rotatable bonds is 5. The van der Waals surface area contributed by atoms with Crippen molar-refractivity contribution in [3.05, 3.63) is 120 Å². The van der Waals surface area contributed by atoms with Crippen LogP contribution in [0.25, 0.3) is 21.8 Å². The van der Waals surface area contributed by atoms with Crippen molar-refractivity contribution in [2.75, 3.05) is 4.90 Å². The van der Waals surface area contributed by atoms with Crippen LogP contribution < -0.4 is 4.90 Å². The molecule has 0 amide bonds. The Hall–Kier alpha value is -3.69. The summed E-state index contributed by atoms with van der Waals surface area (Å²) in [5.74, 6) is 0. The smallest absolute Gasteiger partial charge is 0.129 e. The Balaban J connectivity index is 1.77. The number of aryl methyl sites for hydroxylation is 3. The Bertz CT molecular complexity index is 1320. The maximum absolute atomic E-state index is 5.20. The van der Waals surface area contributed by atoms with Gasteiger partial charge < -0.3 is 4.90 Å². The molecule has 0 aliphatic heterocycles. The first kappa shape index (κ1) is 21.2. The van der Waals surface area contributed by atoms with E-state index in [1.165, 1.54) is 16.7 Å². The lowest BCUT2D eigenvalue weighted by molar-refractivity contribution is 1.27. The fraction of sp³-hybridized carbons (Fsp3) is 0.100. The van der Waals surface area contributed by atoms with E-state index in [2.05, 4.69) is 123 Å². The van der Waals surface area contributed by atoms with E-state index in [9.17, 15) is 0 Å². The Morgan fingerprint density at radius 1 is 0.606 bits per heavy atom. The number of thiazole rings is 1. The quantitative estimate of drug-likeness (QED) is 0.268. The van der Waals surface area contributed by atoms with E-state index < -0.39 is 0 Å². The van der Waals surface area contributed by atoms with Gasteiger partial charge in [-0.2, -0.15) is 0 Å². The Morgan fingerprint density at radius 2 is 1.15 bits per heavy atom. The van der Waals surface area contributed by atoms with Crippen LogP contribution in [-0.4, -0.2) is 4.98 Å². The van der Waals surface area contributed by atoms with Crippen LogP contribution in [0.1, 0.15) is 16.7 Å². The number of benzene rings is 4. The van der Waals surface area contributed by atoms with E-state index in [0.717, 1.165) is 38.2 Å². The van der Waals surface area contributed by atoms with Crippen molar-refractivity contribution in [1.82, 2.24) is 4.98 Å². The lowest BCUT2D eigenvalue weighted by Crippen LogP contribution is -2.09. The molecule has 0 saturated carbocycles. The standard InChI is InChI=1S/C30H26N2S/c1-21-13-17-25(18-14-21)32(26-19-15-22(2)16-20-26)30-28(27-12-8-7-9-23(27)3)31-29(33-30)24-10-5-4-6-11-24/h4-20H,1-3H3. The second-order valence-corrected chi connectivity index (χ2v) is 9.34. The van der Waals surface area contributed by atoms with E-state index in [0.29, 0.717) is 0 Å². The van der Waals surface area contributed by atoms with E-state index in [1.807, 2.05) is 6.07 Å². The molecule has 1 aromatic heterocycles. The number of hydrogen-bond acceptors (Lipinski definition) is 3. The highest BCUT2D eigenvalue weighted by Crippen LogP contribution is 2.47. The van der Waals surface area contributed by atoms with Gasteiger partial charge in [0.05, 0.1) is 0 Å². The molecule has 0 atom stereocenters. The van der Waals surface area contributed by atoms with Gasteiger partial charge in [-0.05, 0) is 50.6 Å². The Labute approximate surface area is 199 Å². The van der Waals surface area contributed by atoms with Gasteiger partial charge in [0.25, 0.3) is 0 Å². The maximum atomic E-state index is 5.20. The number of nitrogens with zero attached hydrogens (tertiary/aromatic N) is 2. The normalized spacial score (nSPS) is 10.9. The summed E-state index contributed by atoms with van der Waals surface area (Å²) in [6, 6.07) is 36.4. The van der Waals surface area contributed by atoms with Crippen LogP contribution in [0.4, 0.5) is 16.4 Å². The van der Waals surface area contributed by atoms with Crippen molar-refractivity contribution in [2.45, 2.75) is 20.8 Å². The van der Waals surface area contributed by atoms with Crippen molar-refractivity contribution in [3.63, 3.8) is 0 Å². The fourth-order valence-electron chi connectivity index (χ4n) is 3.95. The molecule has 0 aliphatic rings. The molecule has 0 radical (unpaired) electrons. The molecule has 0 unspecified atom stereocenters. The van der Waals surface area contributed by atoms with Crippen molar-refractivity contribution >= 4 is 27.7 Å². The molecule has 4 aromatic carbocycles. The fourth-order valence-corrected chi connectivity index (χ4v) is 5.08. The minimum atomic E-state index is 1.01. The van der Waals surface area contributed by atoms with Gasteiger partial charge in [0.1, 0.15) is 15.7 Å². The summed E-state index contributed by atoms with van der Waals surface area (Å²) in [4.78, 5) is 7.53. The zero-order valence-electron chi connectivity index (χ0n) is 19.1. The van der Waals surface area contributed by atoms with Crippen LogP contribution >= 0.6 is 11.3 Å². The van der Waals surface area contributed by atoms with Crippen LogP contribution in [0.2, 0.25) is 0 Å². The maximum Gasteiger partial charge on any atom is 0.129 e. The van der Waals surface area contributed by atoms with Gasteiger partial charge in [-0.1, -0.05) is 101 Å². The summed E-state index contributed by atoms with van der Waals surface area (Å²) < 4.78 is 0. The largest absolute Gasteiger partial charge is 0.300 e. The molecule has 162 valence electrons. The molecule has 2 nitrogen and oxygen atoms in total. The second-order valence-electron chi connectivity index (χ2n) is 8.36. The molecule has 3 heteroatoms. The van der Waals surface area contributed by atoms with E-state index in [4.69, 9.17) is 4.98 Å². The molecule has 0 N–H and O–H groups in total. The monoisotopic (exact) mass is 446 g/mol. The summed E-state index contributed by atoms with van der Waals surface area (Å²) >= 11 is 1.74. The summed E-state index contributed by atoms with van der Waals surface area (Å²) in [6.45, 7) is 6.40. The highest BCUT2D eigenvalue weighted by atomic mass is 32.1. The summed E-state index contributed by atoms with van der Waals surface area (Å²) in [5.41, 5.74) is 9.28. The van der Waals surface area contributed by atoms with Gasteiger partial charge >= 0.3 is 0 Å². The number of anilines is 3. The lowest BCUT2D eigenvalue weighted by atomic mass is 10.1. The zero-order valence-corrected chi connectivity index (χ0v) is 19.9. The van der Waals surface area contributed by atoms with Crippen molar-refractivity contribution in [1.29, 1.82) is 0 Å². The molecular weight excluding hydrogens is 420 g/mol. The molecule has 1 heterocycles.